The second kappa shape index (κ2) is 5.26. The molecule has 6 heteroatoms. The topological polar surface area (TPSA) is 26.3 Å². The Balaban J connectivity index is 3.26. The third-order valence-electron chi connectivity index (χ3n) is 1.51. The molecule has 2 nitrogen and oxygen atoms in total. The van der Waals surface area contributed by atoms with Crippen molar-refractivity contribution in [2.45, 2.75) is 6.92 Å². The van der Waals surface area contributed by atoms with Crippen LogP contribution in [0.5, 0.6) is 0 Å². The number of benzene rings is 1. The van der Waals surface area contributed by atoms with Gasteiger partial charge in [-0.2, -0.15) is 0 Å². The Morgan fingerprint density at radius 3 is 2.33 bits per heavy atom. The average Bonchev–Trinajstić information content (AvgIpc) is 2.20. The maximum absolute atomic E-state index is 11.4. The molecule has 1 radical (unpaired) electrons. The summed E-state index contributed by atoms with van der Waals surface area (Å²) in [5.41, 5.74) is -0.0158. The highest BCUT2D eigenvalue weighted by molar-refractivity contribution is 6.52. The van der Waals surface area contributed by atoms with E-state index in [1.54, 1.807) is 6.92 Å². The van der Waals surface area contributed by atoms with Crippen molar-refractivity contribution in [2.24, 2.45) is 0 Å². The van der Waals surface area contributed by atoms with Crippen molar-refractivity contribution in [1.82, 2.24) is 0 Å². The van der Waals surface area contributed by atoms with E-state index < -0.39 is 5.97 Å². The fourth-order valence-electron chi connectivity index (χ4n) is 0.866. The van der Waals surface area contributed by atoms with Gasteiger partial charge in [0.05, 0.1) is 32.3 Å². The van der Waals surface area contributed by atoms with Gasteiger partial charge in [-0.3, -0.25) is 0 Å². The maximum atomic E-state index is 11.4. The van der Waals surface area contributed by atoms with Crippen molar-refractivity contribution in [3.8, 4) is 0 Å². The first-order valence-corrected chi connectivity index (χ1v) is 5.42. The molecule has 1 rings (SSSR count). The zero-order chi connectivity index (χ0) is 11.6. The molecule has 0 aliphatic carbocycles. The van der Waals surface area contributed by atoms with Gasteiger partial charge < -0.3 is 4.74 Å². The van der Waals surface area contributed by atoms with Crippen LogP contribution in [0.2, 0.25) is 20.1 Å². The minimum Gasteiger partial charge on any atom is -0.462 e. The van der Waals surface area contributed by atoms with E-state index in [1.165, 1.54) is 0 Å². The van der Waals surface area contributed by atoms with Crippen LogP contribution >= 0.6 is 46.4 Å². The number of carbonyl (C=O) groups excluding carboxylic acids is 1. The molecule has 0 aromatic heterocycles. The summed E-state index contributed by atoms with van der Waals surface area (Å²) in [7, 11) is 0. The normalized spacial score (nSPS) is 10.2. The molecule has 1 aromatic rings. The van der Waals surface area contributed by atoms with Crippen LogP contribution in [0, 0.1) is 6.07 Å². The molecule has 0 amide bonds. The van der Waals surface area contributed by atoms with Gasteiger partial charge in [0.2, 0.25) is 0 Å². The molecule has 0 heterocycles. The molecular weight excluding hydrogens is 282 g/mol. The van der Waals surface area contributed by atoms with E-state index in [1.807, 2.05) is 0 Å². The smallest absolute Gasteiger partial charge is 0.340 e. The van der Waals surface area contributed by atoms with Gasteiger partial charge in [0.15, 0.2) is 0 Å². The molecule has 81 valence electrons. The molecule has 0 bridgehead atoms. The van der Waals surface area contributed by atoms with Gasteiger partial charge in [0.1, 0.15) is 0 Å². The highest BCUT2D eigenvalue weighted by atomic mass is 35.5. The molecule has 0 unspecified atom stereocenters. The monoisotopic (exact) mass is 285 g/mol. The van der Waals surface area contributed by atoms with Crippen LogP contribution < -0.4 is 0 Å². The lowest BCUT2D eigenvalue weighted by Crippen LogP contribution is -2.06. The van der Waals surface area contributed by atoms with Gasteiger partial charge in [-0.05, 0) is 6.92 Å². The van der Waals surface area contributed by atoms with Crippen molar-refractivity contribution >= 4 is 52.4 Å². The van der Waals surface area contributed by atoms with Crippen LogP contribution in [-0.4, -0.2) is 12.6 Å². The summed E-state index contributed by atoms with van der Waals surface area (Å²) in [5, 5.41) is 0.111. The maximum Gasteiger partial charge on any atom is 0.340 e. The number of esters is 1. The molecule has 0 saturated carbocycles. The molecular formula is C9H5Cl4O2. The average molecular weight is 287 g/mol. The summed E-state index contributed by atoms with van der Waals surface area (Å²) >= 11 is 23.0. The summed E-state index contributed by atoms with van der Waals surface area (Å²) in [6.07, 6.45) is 0. The van der Waals surface area contributed by atoms with E-state index in [9.17, 15) is 4.79 Å². The lowest BCUT2D eigenvalue weighted by Gasteiger charge is -2.07. The predicted molar refractivity (Wildman–Crippen MR) is 61.3 cm³/mol. The Hall–Kier alpha value is -0.150. The van der Waals surface area contributed by atoms with Crippen molar-refractivity contribution in [3.05, 3.63) is 31.7 Å². The SMILES string of the molecule is CCOC(=O)c1[c]c(Cl)c(Cl)c(Cl)c1Cl. The van der Waals surface area contributed by atoms with Crippen LogP contribution in [0.15, 0.2) is 0 Å². The lowest BCUT2D eigenvalue weighted by molar-refractivity contribution is 0.0526. The van der Waals surface area contributed by atoms with Gasteiger partial charge >= 0.3 is 5.97 Å². The van der Waals surface area contributed by atoms with Gasteiger partial charge in [0.25, 0.3) is 0 Å². The third-order valence-corrected chi connectivity index (χ3v) is 3.22. The van der Waals surface area contributed by atoms with Crippen molar-refractivity contribution < 1.29 is 9.53 Å². The quantitative estimate of drug-likeness (QED) is 0.461. The fourth-order valence-corrected chi connectivity index (χ4v) is 1.70. The molecule has 0 aliphatic heterocycles. The molecule has 0 saturated heterocycles. The van der Waals surface area contributed by atoms with Crippen molar-refractivity contribution in [2.75, 3.05) is 6.61 Å². The minimum absolute atomic E-state index is 0.00971. The van der Waals surface area contributed by atoms with Crippen molar-refractivity contribution in [1.29, 1.82) is 0 Å². The Morgan fingerprint density at radius 2 is 1.80 bits per heavy atom. The summed E-state index contributed by atoms with van der Waals surface area (Å²) in [5.74, 6) is -0.636. The summed E-state index contributed by atoms with van der Waals surface area (Å²) in [6, 6.07) is 2.51. The number of rotatable bonds is 2. The number of hydrogen-bond acceptors (Lipinski definition) is 2. The fraction of sp³-hybridized carbons (Fsp3) is 0.222. The zero-order valence-electron chi connectivity index (χ0n) is 7.54. The molecule has 0 aliphatic rings. The van der Waals surface area contributed by atoms with E-state index in [2.05, 4.69) is 6.07 Å². The van der Waals surface area contributed by atoms with Crippen LogP contribution in [-0.2, 0) is 4.74 Å². The molecule has 0 atom stereocenters. The zero-order valence-corrected chi connectivity index (χ0v) is 10.6. The number of carbonyl (C=O) groups is 1. The number of halogens is 4. The lowest BCUT2D eigenvalue weighted by atomic mass is 10.2. The molecule has 15 heavy (non-hydrogen) atoms. The molecule has 1 aromatic carbocycles. The van der Waals surface area contributed by atoms with Crippen LogP contribution in [0.3, 0.4) is 0 Å². The highest BCUT2D eigenvalue weighted by Gasteiger charge is 2.19. The van der Waals surface area contributed by atoms with E-state index in [0.717, 1.165) is 0 Å². The Labute approximate surface area is 107 Å². The summed E-state index contributed by atoms with van der Waals surface area (Å²) in [4.78, 5) is 11.4. The van der Waals surface area contributed by atoms with E-state index in [-0.39, 0.29) is 32.3 Å². The van der Waals surface area contributed by atoms with Gasteiger partial charge in [-0.15, -0.1) is 0 Å². The predicted octanol–water partition coefficient (Wildman–Crippen LogP) is 4.28. The second-order valence-corrected chi connectivity index (χ2v) is 3.99. The molecule has 0 spiro atoms. The van der Waals surface area contributed by atoms with Crippen LogP contribution in [0.25, 0.3) is 0 Å². The van der Waals surface area contributed by atoms with Gasteiger partial charge in [-0.1, -0.05) is 46.4 Å². The van der Waals surface area contributed by atoms with Crippen molar-refractivity contribution in [3.63, 3.8) is 0 Å². The first kappa shape index (κ1) is 12.9. The number of hydrogen-bond donors (Lipinski definition) is 0. The Kier molecular flexibility index (Phi) is 4.53. The molecule has 0 N–H and O–H groups in total. The number of ether oxygens (including phenoxy) is 1. The van der Waals surface area contributed by atoms with Crippen LogP contribution in [0.1, 0.15) is 17.3 Å². The third kappa shape index (κ3) is 2.70. The van der Waals surface area contributed by atoms with Gasteiger partial charge in [-0.25, -0.2) is 4.79 Å². The summed E-state index contributed by atoms with van der Waals surface area (Å²) in [6.45, 7) is 1.89. The standard InChI is InChI=1S/C9H5Cl4O2/c1-2-15-9(14)4-3-5(10)7(12)8(13)6(4)11/h2H2,1H3. The highest BCUT2D eigenvalue weighted by Crippen LogP contribution is 2.37. The van der Waals surface area contributed by atoms with E-state index >= 15 is 0 Å². The first-order valence-electron chi connectivity index (χ1n) is 3.91. The second-order valence-electron chi connectivity index (χ2n) is 2.48. The minimum atomic E-state index is -0.636. The van der Waals surface area contributed by atoms with E-state index in [4.69, 9.17) is 51.1 Å². The largest absolute Gasteiger partial charge is 0.462 e. The first-order chi connectivity index (χ1) is 6.99. The Bertz CT molecular complexity index is 404. The molecule has 0 fully saturated rings. The van der Waals surface area contributed by atoms with Crippen LogP contribution in [0.4, 0.5) is 0 Å². The van der Waals surface area contributed by atoms with Gasteiger partial charge in [0, 0.05) is 6.07 Å². The van der Waals surface area contributed by atoms with E-state index in [0.29, 0.717) is 0 Å². The summed E-state index contributed by atoms with van der Waals surface area (Å²) < 4.78 is 4.74. The Morgan fingerprint density at radius 1 is 1.20 bits per heavy atom.